The normalized spacial score (nSPS) is 14.1. The highest BCUT2D eigenvalue weighted by Crippen LogP contribution is 2.41. The minimum Gasteiger partial charge on any atom is -0.493 e. The van der Waals surface area contributed by atoms with Crippen molar-refractivity contribution in [2.75, 3.05) is 19.5 Å². The second-order valence-electron chi connectivity index (χ2n) is 8.21. The summed E-state index contributed by atoms with van der Waals surface area (Å²) in [4.78, 5) is 17.5. The van der Waals surface area contributed by atoms with Gasteiger partial charge in [0.1, 0.15) is 5.82 Å². The zero-order valence-corrected chi connectivity index (χ0v) is 20.2. The van der Waals surface area contributed by atoms with Gasteiger partial charge >= 0.3 is 5.69 Å². The van der Waals surface area contributed by atoms with E-state index in [1.165, 1.54) is 5.56 Å². The molecule has 1 aromatic heterocycles. The fraction of sp³-hybridized carbons (Fsp3) is 0.360. The van der Waals surface area contributed by atoms with E-state index in [9.17, 15) is 4.79 Å². The number of nitrogens with zero attached hydrogens (tertiary/aromatic N) is 2. The molecular weight excluding hydrogens is 426 g/mol. The van der Waals surface area contributed by atoms with Gasteiger partial charge in [-0.2, -0.15) is 4.98 Å². The molecule has 0 spiro atoms. The molecule has 7 heteroatoms. The molecule has 32 heavy (non-hydrogen) atoms. The number of nitrogens with one attached hydrogen (secondary N) is 1. The van der Waals surface area contributed by atoms with Crippen LogP contribution in [0.3, 0.4) is 0 Å². The smallest absolute Gasteiger partial charge is 0.350 e. The Morgan fingerprint density at radius 1 is 1.03 bits per heavy atom. The second kappa shape index (κ2) is 9.25. The molecule has 6 nitrogen and oxygen atoms in total. The van der Waals surface area contributed by atoms with Crippen LogP contribution in [0.2, 0.25) is 0 Å². The number of aryl methyl sites for hydroxylation is 3. The third-order valence-electron chi connectivity index (χ3n) is 6.06. The standard InChI is InChI=1S/C25H29N3O3.ClH/c1-7-18-10-17-11-21(30-5)22(31-6)12-19(17)20-13-23(27-25(29)28(18)20)26-24-15(3)8-14(2)9-16(24)4;/h8-9,11-13,18H,7,10H2,1-6H3,(H,26,27,29);1H/t18-;/m1./s1. The van der Waals surface area contributed by atoms with Crippen LogP contribution in [0.1, 0.15) is 41.6 Å². The van der Waals surface area contributed by atoms with Gasteiger partial charge in [0.15, 0.2) is 11.5 Å². The van der Waals surface area contributed by atoms with Gasteiger partial charge in [-0.3, -0.25) is 4.57 Å². The van der Waals surface area contributed by atoms with Gasteiger partial charge in [0.25, 0.3) is 0 Å². The minimum absolute atomic E-state index is 0. The molecule has 0 saturated heterocycles. The largest absolute Gasteiger partial charge is 0.493 e. The Morgan fingerprint density at radius 3 is 2.25 bits per heavy atom. The summed E-state index contributed by atoms with van der Waals surface area (Å²) in [7, 11) is 3.26. The molecule has 0 unspecified atom stereocenters. The van der Waals surface area contributed by atoms with Crippen LogP contribution in [0.15, 0.2) is 35.1 Å². The first-order valence-corrected chi connectivity index (χ1v) is 10.6. The summed E-state index contributed by atoms with van der Waals surface area (Å²) in [5.74, 6) is 1.89. The van der Waals surface area contributed by atoms with E-state index in [0.717, 1.165) is 46.5 Å². The van der Waals surface area contributed by atoms with E-state index >= 15 is 0 Å². The average molecular weight is 456 g/mol. The van der Waals surface area contributed by atoms with Crippen LogP contribution in [0.4, 0.5) is 11.5 Å². The summed E-state index contributed by atoms with van der Waals surface area (Å²) in [6.45, 7) is 8.30. The molecule has 0 radical (unpaired) electrons. The molecule has 1 aliphatic heterocycles. The van der Waals surface area contributed by atoms with E-state index in [4.69, 9.17) is 9.47 Å². The summed E-state index contributed by atoms with van der Waals surface area (Å²) in [6, 6.07) is 10.2. The molecule has 0 fully saturated rings. The minimum atomic E-state index is -0.241. The van der Waals surface area contributed by atoms with Crippen LogP contribution >= 0.6 is 12.4 Å². The van der Waals surface area contributed by atoms with Gasteiger partial charge in [0.05, 0.1) is 19.9 Å². The molecule has 0 bridgehead atoms. The molecule has 2 aromatic carbocycles. The maximum atomic E-state index is 13.1. The van der Waals surface area contributed by atoms with Crippen molar-refractivity contribution in [2.45, 2.75) is 46.6 Å². The van der Waals surface area contributed by atoms with E-state index in [1.807, 2.05) is 22.8 Å². The van der Waals surface area contributed by atoms with E-state index in [2.05, 4.69) is 50.1 Å². The van der Waals surface area contributed by atoms with Crippen molar-refractivity contribution in [2.24, 2.45) is 0 Å². The quantitative estimate of drug-likeness (QED) is 0.548. The molecule has 1 atom stereocenters. The number of aromatic nitrogens is 2. The summed E-state index contributed by atoms with van der Waals surface area (Å²) < 4.78 is 12.8. The number of benzene rings is 2. The molecule has 170 valence electrons. The van der Waals surface area contributed by atoms with E-state index < -0.39 is 0 Å². The summed E-state index contributed by atoms with van der Waals surface area (Å²) in [5, 5.41) is 3.39. The highest BCUT2D eigenvalue weighted by Gasteiger charge is 2.27. The number of fused-ring (bicyclic) bond motifs is 3. The molecule has 3 aromatic rings. The Labute approximate surface area is 195 Å². The Balaban J connectivity index is 0.00000289. The van der Waals surface area contributed by atoms with Gasteiger partial charge in [-0.05, 0) is 62.4 Å². The van der Waals surface area contributed by atoms with Gasteiger partial charge in [0, 0.05) is 23.4 Å². The first-order chi connectivity index (χ1) is 14.9. The lowest BCUT2D eigenvalue weighted by Crippen LogP contribution is -2.32. The molecule has 1 aliphatic rings. The molecule has 0 amide bonds. The number of ether oxygens (including phenoxy) is 2. The third-order valence-corrected chi connectivity index (χ3v) is 6.06. The molecule has 0 saturated carbocycles. The molecule has 1 N–H and O–H groups in total. The zero-order valence-electron chi connectivity index (χ0n) is 19.4. The topological polar surface area (TPSA) is 65.4 Å². The van der Waals surface area contributed by atoms with Crippen LogP contribution in [-0.2, 0) is 6.42 Å². The highest BCUT2D eigenvalue weighted by atomic mass is 35.5. The van der Waals surface area contributed by atoms with Crippen LogP contribution < -0.4 is 20.5 Å². The maximum absolute atomic E-state index is 13.1. The zero-order chi connectivity index (χ0) is 22.3. The van der Waals surface area contributed by atoms with Crippen molar-refractivity contribution in [3.05, 3.63) is 63.1 Å². The van der Waals surface area contributed by atoms with E-state index in [1.54, 1.807) is 14.2 Å². The summed E-state index contributed by atoms with van der Waals surface area (Å²) in [5.41, 5.74) is 7.16. The van der Waals surface area contributed by atoms with Gasteiger partial charge in [-0.25, -0.2) is 4.79 Å². The van der Waals surface area contributed by atoms with Crippen molar-refractivity contribution >= 4 is 23.9 Å². The number of hydrogen-bond donors (Lipinski definition) is 1. The predicted octanol–water partition coefficient (Wildman–Crippen LogP) is 5.53. The van der Waals surface area contributed by atoms with Gasteiger partial charge in [-0.15, -0.1) is 12.4 Å². The number of hydrogen-bond acceptors (Lipinski definition) is 5. The SMILES string of the molecule is CC[C@@H]1Cc2cc(OC)c(OC)cc2-c2cc(Nc3c(C)cc(C)cc3C)nc(=O)n21.Cl. The van der Waals surface area contributed by atoms with E-state index in [-0.39, 0.29) is 24.1 Å². The fourth-order valence-corrected chi connectivity index (χ4v) is 4.62. The fourth-order valence-electron chi connectivity index (χ4n) is 4.62. The number of rotatable bonds is 5. The first-order valence-electron chi connectivity index (χ1n) is 10.6. The Morgan fingerprint density at radius 2 is 1.66 bits per heavy atom. The average Bonchev–Trinajstić information content (AvgIpc) is 2.74. The molecular formula is C25H30ClN3O3. The Hall–Kier alpha value is -2.99. The maximum Gasteiger partial charge on any atom is 0.350 e. The van der Waals surface area contributed by atoms with Crippen molar-refractivity contribution < 1.29 is 9.47 Å². The first kappa shape index (κ1) is 23.7. The molecule has 4 rings (SSSR count). The lowest BCUT2D eigenvalue weighted by Gasteiger charge is -2.30. The third kappa shape index (κ3) is 4.07. The second-order valence-corrected chi connectivity index (χ2v) is 8.21. The summed E-state index contributed by atoms with van der Waals surface area (Å²) in [6.07, 6.45) is 1.59. The Kier molecular flexibility index (Phi) is 6.84. The van der Waals surface area contributed by atoms with Crippen LogP contribution in [0.5, 0.6) is 11.5 Å². The van der Waals surface area contributed by atoms with E-state index in [0.29, 0.717) is 17.3 Å². The van der Waals surface area contributed by atoms with Gasteiger partial charge in [0.2, 0.25) is 0 Å². The number of halogens is 1. The van der Waals surface area contributed by atoms with Crippen molar-refractivity contribution in [3.63, 3.8) is 0 Å². The van der Waals surface area contributed by atoms with Crippen LogP contribution in [0, 0.1) is 20.8 Å². The van der Waals surface area contributed by atoms with Crippen molar-refractivity contribution in [3.8, 4) is 22.8 Å². The molecule has 2 heterocycles. The highest BCUT2D eigenvalue weighted by molar-refractivity contribution is 5.85. The van der Waals surface area contributed by atoms with Crippen LogP contribution in [0.25, 0.3) is 11.3 Å². The molecule has 0 aliphatic carbocycles. The van der Waals surface area contributed by atoms with Crippen molar-refractivity contribution in [1.82, 2.24) is 9.55 Å². The summed E-state index contributed by atoms with van der Waals surface area (Å²) >= 11 is 0. The number of methoxy groups -OCH3 is 2. The lowest BCUT2D eigenvalue weighted by molar-refractivity contribution is 0.353. The van der Waals surface area contributed by atoms with Gasteiger partial charge < -0.3 is 14.8 Å². The van der Waals surface area contributed by atoms with Crippen LogP contribution in [-0.4, -0.2) is 23.8 Å². The predicted molar refractivity (Wildman–Crippen MR) is 131 cm³/mol. The monoisotopic (exact) mass is 455 g/mol. The number of anilines is 2. The van der Waals surface area contributed by atoms with Crippen molar-refractivity contribution in [1.29, 1.82) is 0 Å². The van der Waals surface area contributed by atoms with Gasteiger partial charge in [-0.1, -0.05) is 24.6 Å². The lowest BCUT2D eigenvalue weighted by atomic mass is 9.91. The Bertz CT molecular complexity index is 1200.